The summed E-state index contributed by atoms with van der Waals surface area (Å²) in [4.78, 5) is 22.8. The molecule has 1 saturated heterocycles. The van der Waals surface area contributed by atoms with Gasteiger partial charge in [-0.1, -0.05) is 0 Å². The maximum absolute atomic E-state index is 12.5. The van der Waals surface area contributed by atoms with E-state index in [1.54, 1.807) is 6.20 Å². The van der Waals surface area contributed by atoms with Crippen molar-refractivity contribution >= 4 is 5.91 Å². The number of rotatable bonds is 2. The summed E-state index contributed by atoms with van der Waals surface area (Å²) in [6.07, 6.45) is 4.18. The maximum atomic E-state index is 12.5. The number of nitrogens with zero attached hydrogens (tertiary/aromatic N) is 3. The van der Waals surface area contributed by atoms with Crippen molar-refractivity contribution in [2.75, 3.05) is 13.1 Å². The molecule has 2 fully saturated rings. The molecule has 102 valence electrons. The van der Waals surface area contributed by atoms with Crippen molar-refractivity contribution in [3.63, 3.8) is 0 Å². The summed E-state index contributed by atoms with van der Waals surface area (Å²) in [7, 11) is 0. The highest BCUT2D eigenvalue weighted by Crippen LogP contribution is 2.41. The molecular weight excluding hydrogens is 240 g/mol. The van der Waals surface area contributed by atoms with E-state index in [2.05, 4.69) is 9.97 Å². The van der Waals surface area contributed by atoms with Gasteiger partial charge in [0.25, 0.3) is 5.91 Å². The smallest absolute Gasteiger partial charge is 0.257 e. The van der Waals surface area contributed by atoms with Crippen molar-refractivity contribution in [1.29, 1.82) is 0 Å². The zero-order chi connectivity index (χ0) is 13.6. The van der Waals surface area contributed by atoms with Crippen LogP contribution >= 0.6 is 0 Å². The minimum absolute atomic E-state index is 0.0242. The number of aryl methyl sites for hydroxylation is 2. The molecule has 1 saturated carbocycles. The first-order valence-corrected chi connectivity index (χ1v) is 6.91. The SMILES string of the molecule is Cc1ncc(C(=O)N2C[C@@H](N)[C@H](C3CC3)C2)c(C)n1. The van der Waals surface area contributed by atoms with Crippen LogP contribution in [0.3, 0.4) is 0 Å². The van der Waals surface area contributed by atoms with E-state index in [9.17, 15) is 4.79 Å². The molecule has 0 bridgehead atoms. The summed E-state index contributed by atoms with van der Waals surface area (Å²) in [5.74, 6) is 1.94. The Morgan fingerprint density at radius 1 is 1.37 bits per heavy atom. The molecule has 0 unspecified atom stereocenters. The molecule has 1 aliphatic carbocycles. The number of carbonyl (C=O) groups is 1. The van der Waals surface area contributed by atoms with E-state index >= 15 is 0 Å². The first-order chi connectivity index (χ1) is 9.06. The standard InChI is InChI=1S/C14H20N4O/c1-8-11(5-16-9(2)17-8)14(19)18-6-12(10-3-4-10)13(15)7-18/h5,10,12-13H,3-4,6-7,15H2,1-2H3/t12-,13+/m0/s1. The lowest BCUT2D eigenvalue weighted by molar-refractivity contribution is 0.0783. The van der Waals surface area contributed by atoms with Crippen LogP contribution in [-0.4, -0.2) is 39.9 Å². The Balaban J connectivity index is 1.77. The number of amides is 1. The number of hydrogen-bond acceptors (Lipinski definition) is 4. The van der Waals surface area contributed by atoms with Crippen LogP contribution in [0.1, 0.15) is 34.7 Å². The summed E-state index contributed by atoms with van der Waals surface area (Å²) in [5.41, 5.74) is 7.52. The average Bonchev–Trinajstić information content (AvgIpc) is 3.12. The number of aromatic nitrogens is 2. The average molecular weight is 260 g/mol. The Kier molecular flexibility index (Phi) is 3.01. The van der Waals surface area contributed by atoms with Crippen LogP contribution in [0.25, 0.3) is 0 Å². The third kappa shape index (κ3) is 2.34. The van der Waals surface area contributed by atoms with E-state index in [0.717, 1.165) is 18.2 Å². The Hall–Kier alpha value is -1.49. The van der Waals surface area contributed by atoms with Gasteiger partial charge in [-0.15, -0.1) is 0 Å². The summed E-state index contributed by atoms with van der Waals surface area (Å²) in [6.45, 7) is 5.14. The van der Waals surface area contributed by atoms with Crippen LogP contribution in [0.4, 0.5) is 0 Å². The van der Waals surface area contributed by atoms with Crippen LogP contribution < -0.4 is 5.73 Å². The van der Waals surface area contributed by atoms with E-state index in [0.29, 0.717) is 23.9 Å². The zero-order valence-corrected chi connectivity index (χ0v) is 11.5. The summed E-state index contributed by atoms with van der Waals surface area (Å²) in [6, 6.07) is 0.128. The zero-order valence-electron chi connectivity index (χ0n) is 11.5. The maximum Gasteiger partial charge on any atom is 0.257 e. The molecule has 1 aromatic heterocycles. The van der Waals surface area contributed by atoms with Gasteiger partial charge >= 0.3 is 0 Å². The van der Waals surface area contributed by atoms with Gasteiger partial charge in [0.1, 0.15) is 5.82 Å². The molecule has 0 radical (unpaired) electrons. The molecule has 5 nitrogen and oxygen atoms in total. The Labute approximate surface area is 113 Å². The number of carbonyl (C=O) groups excluding carboxylic acids is 1. The van der Waals surface area contributed by atoms with E-state index < -0.39 is 0 Å². The topological polar surface area (TPSA) is 72.1 Å². The number of nitrogens with two attached hydrogens (primary N) is 1. The van der Waals surface area contributed by atoms with Crippen molar-refractivity contribution in [2.24, 2.45) is 17.6 Å². The van der Waals surface area contributed by atoms with E-state index in [4.69, 9.17) is 5.73 Å². The van der Waals surface area contributed by atoms with Gasteiger partial charge in [-0.3, -0.25) is 4.79 Å². The second-order valence-electron chi connectivity index (χ2n) is 5.79. The second-order valence-corrected chi connectivity index (χ2v) is 5.79. The lowest BCUT2D eigenvalue weighted by atomic mass is 9.99. The molecule has 3 rings (SSSR count). The minimum atomic E-state index is 0.0242. The fourth-order valence-electron chi connectivity index (χ4n) is 3.01. The van der Waals surface area contributed by atoms with Crippen molar-refractivity contribution in [2.45, 2.75) is 32.7 Å². The highest BCUT2D eigenvalue weighted by molar-refractivity contribution is 5.95. The molecule has 2 atom stereocenters. The van der Waals surface area contributed by atoms with Crippen molar-refractivity contribution in [3.05, 3.63) is 23.3 Å². The van der Waals surface area contributed by atoms with Gasteiger partial charge in [0.05, 0.1) is 11.3 Å². The molecule has 1 amide bonds. The third-order valence-electron chi connectivity index (χ3n) is 4.26. The molecule has 1 aromatic rings. The predicted octanol–water partition coefficient (Wildman–Crippen LogP) is 0.903. The number of likely N-dealkylation sites (tertiary alicyclic amines) is 1. The Morgan fingerprint density at radius 2 is 2.11 bits per heavy atom. The van der Waals surface area contributed by atoms with Crippen LogP contribution in [0.15, 0.2) is 6.20 Å². The van der Waals surface area contributed by atoms with Gasteiger partial charge in [0.2, 0.25) is 0 Å². The molecule has 0 spiro atoms. The predicted molar refractivity (Wildman–Crippen MR) is 71.6 cm³/mol. The number of hydrogen-bond donors (Lipinski definition) is 1. The van der Waals surface area contributed by atoms with E-state index in [1.807, 2.05) is 18.7 Å². The minimum Gasteiger partial charge on any atom is -0.337 e. The van der Waals surface area contributed by atoms with Gasteiger partial charge < -0.3 is 10.6 Å². The Morgan fingerprint density at radius 3 is 2.74 bits per heavy atom. The summed E-state index contributed by atoms with van der Waals surface area (Å²) < 4.78 is 0. The Bertz CT molecular complexity index is 512. The molecule has 1 aliphatic heterocycles. The van der Waals surface area contributed by atoms with Crippen LogP contribution in [-0.2, 0) is 0 Å². The molecular formula is C14H20N4O. The van der Waals surface area contributed by atoms with Crippen LogP contribution in [0, 0.1) is 25.7 Å². The fraction of sp³-hybridized carbons (Fsp3) is 0.643. The quantitative estimate of drug-likeness (QED) is 0.857. The third-order valence-corrected chi connectivity index (χ3v) is 4.26. The van der Waals surface area contributed by atoms with Gasteiger partial charge in [-0.05, 0) is 38.5 Å². The van der Waals surface area contributed by atoms with Gasteiger partial charge in [-0.2, -0.15) is 0 Å². The fourth-order valence-corrected chi connectivity index (χ4v) is 3.01. The molecule has 2 N–H and O–H groups in total. The summed E-state index contributed by atoms with van der Waals surface area (Å²) in [5, 5.41) is 0. The van der Waals surface area contributed by atoms with Crippen LogP contribution in [0.2, 0.25) is 0 Å². The van der Waals surface area contributed by atoms with Gasteiger partial charge in [-0.25, -0.2) is 9.97 Å². The lowest BCUT2D eigenvalue weighted by Crippen LogP contribution is -2.33. The highest BCUT2D eigenvalue weighted by atomic mass is 16.2. The molecule has 5 heteroatoms. The van der Waals surface area contributed by atoms with E-state index in [1.165, 1.54) is 12.8 Å². The van der Waals surface area contributed by atoms with Crippen molar-refractivity contribution in [1.82, 2.24) is 14.9 Å². The van der Waals surface area contributed by atoms with Crippen molar-refractivity contribution < 1.29 is 4.79 Å². The molecule has 2 aliphatic rings. The summed E-state index contributed by atoms with van der Waals surface area (Å²) >= 11 is 0. The monoisotopic (exact) mass is 260 g/mol. The van der Waals surface area contributed by atoms with Crippen LogP contribution in [0.5, 0.6) is 0 Å². The van der Waals surface area contributed by atoms with Gasteiger partial charge in [0.15, 0.2) is 0 Å². The van der Waals surface area contributed by atoms with Crippen molar-refractivity contribution in [3.8, 4) is 0 Å². The first-order valence-electron chi connectivity index (χ1n) is 6.91. The highest BCUT2D eigenvalue weighted by Gasteiger charge is 2.42. The molecule has 0 aromatic carbocycles. The van der Waals surface area contributed by atoms with E-state index in [-0.39, 0.29) is 11.9 Å². The molecule has 19 heavy (non-hydrogen) atoms. The molecule has 2 heterocycles. The normalized spacial score (nSPS) is 26.8. The second kappa shape index (κ2) is 4.56. The van der Waals surface area contributed by atoms with Gasteiger partial charge in [0, 0.05) is 25.3 Å². The lowest BCUT2D eigenvalue weighted by Gasteiger charge is -2.17. The largest absolute Gasteiger partial charge is 0.337 e. The first kappa shape index (κ1) is 12.5.